The maximum Gasteiger partial charge on any atom is 0.0992 e. The van der Waals surface area contributed by atoms with Crippen LogP contribution in [0.5, 0.6) is 0 Å². The first-order valence-corrected chi connectivity index (χ1v) is 8.56. The standard InChI is InChI=1S/C22H17N3/c1-14(2)24-20-9-5-7-17-16-6-3-4-8-18(16)25(22(17)20)19-11-10-15(13-23)12-21(19)24/h3-12,14H,1-2H3. The van der Waals surface area contributed by atoms with Crippen molar-refractivity contribution in [3.05, 3.63) is 66.2 Å². The number of rotatable bonds is 1. The molecule has 5 rings (SSSR count). The Morgan fingerprint density at radius 1 is 0.840 bits per heavy atom. The van der Waals surface area contributed by atoms with Gasteiger partial charge in [-0.15, -0.1) is 0 Å². The van der Waals surface area contributed by atoms with Crippen LogP contribution in [0.1, 0.15) is 19.4 Å². The van der Waals surface area contributed by atoms with Crippen LogP contribution in [0, 0.1) is 11.3 Å². The second-order valence-electron chi connectivity index (χ2n) is 6.80. The first-order chi connectivity index (χ1) is 12.2. The fraction of sp³-hybridized carbons (Fsp3) is 0.136. The normalized spacial score (nSPS) is 12.6. The number of anilines is 2. The number of benzene rings is 3. The number of para-hydroxylation sites is 2. The molecule has 0 atom stereocenters. The molecule has 1 aliphatic rings. The molecule has 0 spiro atoms. The summed E-state index contributed by atoms with van der Waals surface area (Å²) in [5.41, 5.74) is 6.57. The molecule has 0 N–H and O–H groups in total. The average molecular weight is 323 g/mol. The zero-order valence-electron chi connectivity index (χ0n) is 14.2. The third-order valence-electron chi connectivity index (χ3n) is 5.05. The Hall–Kier alpha value is -3.25. The van der Waals surface area contributed by atoms with E-state index in [0.717, 1.165) is 11.4 Å². The van der Waals surface area contributed by atoms with Crippen molar-refractivity contribution in [3.8, 4) is 11.8 Å². The van der Waals surface area contributed by atoms with Gasteiger partial charge in [0.2, 0.25) is 0 Å². The van der Waals surface area contributed by atoms with Gasteiger partial charge in [0.15, 0.2) is 0 Å². The fourth-order valence-corrected chi connectivity index (χ4v) is 4.11. The SMILES string of the molecule is CC(C)N1c2cc(C#N)ccc2-n2c3ccccc3c3cccc1c32. The minimum atomic E-state index is 0.296. The van der Waals surface area contributed by atoms with E-state index in [2.05, 4.69) is 77.9 Å². The lowest BCUT2D eigenvalue weighted by molar-refractivity contribution is 0.781. The second-order valence-corrected chi connectivity index (χ2v) is 6.80. The van der Waals surface area contributed by atoms with Crippen molar-refractivity contribution < 1.29 is 0 Å². The minimum Gasteiger partial charge on any atom is -0.335 e. The molecule has 0 saturated carbocycles. The van der Waals surface area contributed by atoms with Gasteiger partial charge in [0.1, 0.15) is 0 Å². The highest BCUT2D eigenvalue weighted by Crippen LogP contribution is 2.47. The van der Waals surface area contributed by atoms with Gasteiger partial charge >= 0.3 is 0 Å². The van der Waals surface area contributed by atoms with Crippen molar-refractivity contribution in [2.45, 2.75) is 19.9 Å². The lowest BCUT2D eigenvalue weighted by Gasteiger charge is -2.36. The molecule has 0 amide bonds. The Labute approximate surface area is 146 Å². The van der Waals surface area contributed by atoms with Crippen molar-refractivity contribution in [2.24, 2.45) is 0 Å². The van der Waals surface area contributed by atoms with Crippen molar-refractivity contribution in [2.75, 3.05) is 4.90 Å². The average Bonchev–Trinajstić information content (AvgIpc) is 2.97. The lowest BCUT2D eigenvalue weighted by Crippen LogP contribution is -2.29. The Kier molecular flexibility index (Phi) is 2.75. The molecule has 1 aliphatic heterocycles. The molecule has 0 bridgehead atoms. The summed E-state index contributed by atoms with van der Waals surface area (Å²) in [6, 6.07) is 23.6. The van der Waals surface area contributed by atoms with Crippen LogP contribution in [-0.2, 0) is 0 Å². The summed E-state index contributed by atoms with van der Waals surface area (Å²) in [5, 5.41) is 11.9. The molecule has 1 aromatic heterocycles. The van der Waals surface area contributed by atoms with E-state index in [0.29, 0.717) is 11.6 Å². The van der Waals surface area contributed by atoms with Crippen LogP contribution in [-0.4, -0.2) is 10.6 Å². The predicted molar refractivity (Wildman–Crippen MR) is 103 cm³/mol. The van der Waals surface area contributed by atoms with Crippen molar-refractivity contribution >= 4 is 33.2 Å². The molecular weight excluding hydrogens is 306 g/mol. The summed E-state index contributed by atoms with van der Waals surface area (Å²) in [6.45, 7) is 4.39. The van der Waals surface area contributed by atoms with Crippen LogP contribution in [0.25, 0.3) is 27.5 Å². The van der Waals surface area contributed by atoms with Crippen LogP contribution in [0.2, 0.25) is 0 Å². The third-order valence-corrected chi connectivity index (χ3v) is 5.05. The zero-order chi connectivity index (χ0) is 17.1. The van der Waals surface area contributed by atoms with Gasteiger partial charge in [-0.1, -0.05) is 30.3 Å². The van der Waals surface area contributed by atoms with Gasteiger partial charge in [0, 0.05) is 16.8 Å². The fourth-order valence-electron chi connectivity index (χ4n) is 4.11. The number of nitriles is 1. The predicted octanol–water partition coefficient (Wildman–Crippen LogP) is 5.52. The quantitative estimate of drug-likeness (QED) is 0.462. The van der Waals surface area contributed by atoms with Gasteiger partial charge in [-0.25, -0.2) is 0 Å². The first-order valence-electron chi connectivity index (χ1n) is 8.56. The van der Waals surface area contributed by atoms with Gasteiger partial charge < -0.3 is 9.47 Å². The molecule has 25 heavy (non-hydrogen) atoms. The summed E-state index contributed by atoms with van der Waals surface area (Å²) in [7, 11) is 0. The van der Waals surface area contributed by atoms with Gasteiger partial charge in [-0.05, 0) is 44.2 Å². The van der Waals surface area contributed by atoms with Gasteiger partial charge in [-0.2, -0.15) is 5.26 Å². The molecule has 0 fully saturated rings. The Balaban J connectivity index is 2.04. The van der Waals surface area contributed by atoms with Crippen molar-refractivity contribution in [1.82, 2.24) is 4.57 Å². The highest BCUT2D eigenvalue weighted by molar-refractivity contribution is 6.15. The topological polar surface area (TPSA) is 32.0 Å². The molecule has 2 heterocycles. The summed E-state index contributed by atoms with van der Waals surface area (Å²) in [6.07, 6.45) is 0. The largest absolute Gasteiger partial charge is 0.335 e. The highest BCUT2D eigenvalue weighted by atomic mass is 15.2. The lowest BCUT2D eigenvalue weighted by atomic mass is 10.1. The van der Waals surface area contributed by atoms with E-state index in [1.807, 2.05) is 12.1 Å². The summed E-state index contributed by atoms with van der Waals surface area (Å²) < 4.78 is 2.34. The van der Waals surface area contributed by atoms with Crippen LogP contribution in [0.3, 0.4) is 0 Å². The van der Waals surface area contributed by atoms with E-state index < -0.39 is 0 Å². The van der Waals surface area contributed by atoms with Crippen molar-refractivity contribution in [1.29, 1.82) is 5.26 Å². The Bertz CT molecular complexity index is 1190. The first kappa shape index (κ1) is 14.1. The van der Waals surface area contributed by atoms with Gasteiger partial charge in [0.05, 0.1) is 39.7 Å². The zero-order valence-corrected chi connectivity index (χ0v) is 14.2. The number of nitrogens with zero attached hydrogens (tertiary/aromatic N) is 3. The molecule has 3 aromatic carbocycles. The summed E-state index contributed by atoms with van der Waals surface area (Å²) in [4.78, 5) is 2.34. The summed E-state index contributed by atoms with van der Waals surface area (Å²) >= 11 is 0. The van der Waals surface area contributed by atoms with E-state index in [4.69, 9.17) is 0 Å². The number of hydrogen-bond donors (Lipinski definition) is 0. The molecule has 0 saturated heterocycles. The molecule has 0 radical (unpaired) electrons. The van der Waals surface area contributed by atoms with Crippen LogP contribution in [0.4, 0.5) is 11.4 Å². The second kappa shape index (κ2) is 4.87. The smallest absolute Gasteiger partial charge is 0.0992 e. The molecule has 3 heteroatoms. The maximum absolute atomic E-state index is 9.37. The Morgan fingerprint density at radius 3 is 2.44 bits per heavy atom. The van der Waals surface area contributed by atoms with E-state index in [1.165, 1.54) is 27.5 Å². The van der Waals surface area contributed by atoms with Crippen LogP contribution in [0.15, 0.2) is 60.7 Å². The maximum atomic E-state index is 9.37. The monoisotopic (exact) mass is 323 g/mol. The van der Waals surface area contributed by atoms with E-state index >= 15 is 0 Å². The third kappa shape index (κ3) is 1.74. The van der Waals surface area contributed by atoms with E-state index in [-0.39, 0.29) is 0 Å². The Morgan fingerprint density at radius 2 is 1.64 bits per heavy atom. The molecule has 3 nitrogen and oxygen atoms in total. The molecule has 0 aliphatic carbocycles. The number of fused-ring (bicyclic) bond motifs is 5. The molecule has 0 unspecified atom stereocenters. The van der Waals surface area contributed by atoms with Crippen LogP contribution >= 0.6 is 0 Å². The molecule has 120 valence electrons. The highest BCUT2D eigenvalue weighted by Gasteiger charge is 2.28. The number of aromatic nitrogens is 1. The van der Waals surface area contributed by atoms with Gasteiger partial charge in [-0.3, -0.25) is 0 Å². The van der Waals surface area contributed by atoms with Crippen LogP contribution < -0.4 is 4.90 Å². The van der Waals surface area contributed by atoms with Gasteiger partial charge in [0.25, 0.3) is 0 Å². The van der Waals surface area contributed by atoms with E-state index in [1.54, 1.807) is 0 Å². The summed E-state index contributed by atoms with van der Waals surface area (Å²) in [5.74, 6) is 0. The molecular formula is C22H17N3. The van der Waals surface area contributed by atoms with E-state index in [9.17, 15) is 5.26 Å². The van der Waals surface area contributed by atoms with Crippen molar-refractivity contribution in [3.63, 3.8) is 0 Å². The molecule has 4 aromatic rings. The number of hydrogen-bond acceptors (Lipinski definition) is 2. The minimum absolute atomic E-state index is 0.296.